The largest absolute Gasteiger partial charge is 0.380 e. The van der Waals surface area contributed by atoms with E-state index in [4.69, 9.17) is 11.6 Å². The molecule has 2 rings (SSSR count). The summed E-state index contributed by atoms with van der Waals surface area (Å²) in [5.74, 6) is 0.431. The summed E-state index contributed by atoms with van der Waals surface area (Å²) in [7, 11) is 0. The van der Waals surface area contributed by atoms with Crippen molar-refractivity contribution in [2.45, 2.75) is 18.9 Å². The molecule has 1 nitrogen and oxygen atoms in total. The lowest BCUT2D eigenvalue weighted by molar-refractivity contribution is 0.0779. The normalized spacial score (nSPS) is 14.5. The second-order valence-electron chi connectivity index (χ2n) is 4.11. The fourth-order valence-electron chi connectivity index (χ4n) is 1.97. The first-order valence-corrected chi connectivity index (χ1v) is 6.98. The van der Waals surface area contributed by atoms with E-state index < -0.39 is 5.60 Å². The highest BCUT2D eigenvalue weighted by molar-refractivity contribution is 7.10. The van der Waals surface area contributed by atoms with Crippen molar-refractivity contribution in [2.24, 2.45) is 0 Å². The van der Waals surface area contributed by atoms with Crippen LogP contribution in [0.1, 0.15) is 22.4 Å². The van der Waals surface area contributed by atoms with Crippen LogP contribution in [0.15, 0.2) is 41.8 Å². The van der Waals surface area contributed by atoms with E-state index in [0.717, 1.165) is 11.1 Å². The Morgan fingerprint density at radius 3 is 2.47 bits per heavy atom. The van der Waals surface area contributed by atoms with Gasteiger partial charge < -0.3 is 5.11 Å². The standard InChI is InChI=1S/C14H15ClOS/c1-11-9-13(10-17-11)14(16,7-8-15)12-5-3-2-4-6-12/h2-6,9-10,16H,7-8H2,1H3. The summed E-state index contributed by atoms with van der Waals surface area (Å²) in [6, 6.07) is 11.7. The number of rotatable bonds is 4. The minimum absolute atomic E-state index is 0.431. The van der Waals surface area contributed by atoms with E-state index in [0.29, 0.717) is 12.3 Å². The minimum Gasteiger partial charge on any atom is -0.380 e. The average Bonchev–Trinajstić information content (AvgIpc) is 2.78. The van der Waals surface area contributed by atoms with E-state index in [9.17, 15) is 5.11 Å². The van der Waals surface area contributed by atoms with E-state index in [1.165, 1.54) is 4.88 Å². The highest BCUT2D eigenvalue weighted by Gasteiger charge is 2.31. The molecule has 0 saturated heterocycles. The third-order valence-electron chi connectivity index (χ3n) is 2.92. The van der Waals surface area contributed by atoms with Gasteiger partial charge >= 0.3 is 0 Å². The molecule has 0 spiro atoms. The molecule has 1 N–H and O–H groups in total. The first kappa shape index (κ1) is 12.6. The van der Waals surface area contributed by atoms with Crippen molar-refractivity contribution in [2.75, 3.05) is 5.88 Å². The van der Waals surface area contributed by atoms with Crippen molar-refractivity contribution in [1.29, 1.82) is 0 Å². The van der Waals surface area contributed by atoms with Crippen LogP contribution in [0.25, 0.3) is 0 Å². The van der Waals surface area contributed by atoms with Crippen molar-refractivity contribution in [3.05, 3.63) is 57.8 Å². The second-order valence-corrected chi connectivity index (χ2v) is 5.60. The van der Waals surface area contributed by atoms with Crippen LogP contribution in [-0.2, 0) is 5.60 Å². The zero-order valence-electron chi connectivity index (χ0n) is 9.69. The molecule has 0 bridgehead atoms. The molecule has 0 aliphatic carbocycles. The number of benzene rings is 1. The zero-order valence-corrected chi connectivity index (χ0v) is 11.3. The maximum atomic E-state index is 10.9. The second kappa shape index (κ2) is 5.21. The van der Waals surface area contributed by atoms with E-state index in [1.54, 1.807) is 11.3 Å². The van der Waals surface area contributed by atoms with Gasteiger partial charge in [-0.25, -0.2) is 0 Å². The van der Waals surface area contributed by atoms with Crippen LogP contribution in [0.5, 0.6) is 0 Å². The van der Waals surface area contributed by atoms with Crippen LogP contribution in [0.4, 0.5) is 0 Å². The maximum absolute atomic E-state index is 10.9. The number of thiophene rings is 1. The van der Waals surface area contributed by atoms with E-state index in [-0.39, 0.29) is 0 Å². The van der Waals surface area contributed by atoms with Gasteiger partial charge in [-0.05, 0) is 35.9 Å². The predicted octanol–water partition coefficient (Wildman–Crippen LogP) is 3.92. The fraction of sp³-hybridized carbons (Fsp3) is 0.286. The Hall–Kier alpha value is -0.830. The molecule has 0 saturated carbocycles. The molecule has 3 heteroatoms. The topological polar surface area (TPSA) is 20.2 Å². The van der Waals surface area contributed by atoms with E-state index >= 15 is 0 Å². The quantitative estimate of drug-likeness (QED) is 0.832. The van der Waals surface area contributed by atoms with Gasteiger partial charge in [0.25, 0.3) is 0 Å². The average molecular weight is 267 g/mol. The lowest BCUT2D eigenvalue weighted by Gasteiger charge is -2.27. The first-order chi connectivity index (χ1) is 8.16. The molecule has 0 aliphatic heterocycles. The molecule has 1 aromatic heterocycles. The lowest BCUT2D eigenvalue weighted by Crippen LogP contribution is -2.27. The molecule has 1 heterocycles. The molecule has 90 valence electrons. The van der Waals surface area contributed by atoms with Gasteiger partial charge in [0.05, 0.1) is 0 Å². The number of hydrogen-bond donors (Lipinski definition) is 1. The molecule has 0 radical (unpaired) electrons. The van der Waals surface area contributed by atoms with Gasteiger partial charge in [-0.15, -0.1) is 22.9 Å². The summed E-state index contributed by atoms with van der Waals surface area (Å²) in [6.45, 7) is 2.04. The van der Waals surface area contributed by atoms with Gasteiger partial charge in [0.1, 0.15) is 5.60 Å². The van der Waals surface area contributed by atoms with Crippen molar-refractivity contribution in [1.82, 2.24) is 0 Å². The van der Waals surface area contributed by atoms with E-state index in [1.807, 2.05) is 48.7 Å². The Morgan fingerprint density at radius 2 is 1.94 bits per heavy atom. The number of hydrogen-bond acceptors (Lipinski definition) is 2. The highest BCUT2D eigenvalue weighted by Crippen LogP contribution is 2.35. The lowest BCUT2D eigenvalue weighted by atomic mass is 9.85. The highest BCUT2D eigenvalue weighted by atomic mass is 35.5. The third-order valence-corrected chi connectivity index (χ3v) is 3.97. The van der Waals surface area contributed by atoms with Gasteiger partial charge in [0, 0.05) is 10.8 Å². The van der Waals surface area contributed by atoms with Crippen molar-refractivity contribution >= 4 is 22.9 Å². The smallest absolute Gasteiger partial charge is 0.117 e. The molecular formula is C14H15ClOS. The Kier molecular flexibility index (Phi) is 3.87. The van der Waals surface area contributed by atoms with Gasteiger partial charge in [0.15, 0.2) is 0 Å². The predicted molar refractivity (Wildman–Crippen MR) is 73.8 cm³/mol. The Balaban J connectivity index is 2.46. The Bertz CT molecular complexity index is 480. The van der Waals surface area contributed by atoms with Crippen LogP contribution < -0.4 is 0 Å². The van der Waals surface area contributed by atoms with Crippen LogP contribution in [0.3, 0.4) is 0 Å². The Morgan fingerprint density at radius 1 is 1.24 bits per heavy atom. The van der Waals surface area contributed by atoms with Gasteiger partial charge in [-0.3, -0.25) is 0 Å². The van der Waals surface area contributed by atoms with Crippen LogP contribution in [0.2, 0.25) is 0 Å². The number of aliphatic hydroxyl groups is 1. The molecule has 0 fully saturated rings. The van der Waals surface area contributed by atoms with Crippen LogP contribution in [-0.4, -0.2) is 11.0 Å². The summed E-state index contributed by atoms with van der Waals surface area (Å²) in [5, 5.41) is 12.9. The van der Waals surface area contributed by atoms with Gasteiger partial charge in [0.2, 0.25) is 0 Å². The third kappa shape index (κ3) is 2.54. The van der Waals surface area contributed by atoms with Gasteiger partial charge in [-0.2, -0.15) is 0 Å². The minimum atomic E-state index is -0.965. The molecule has 1 aromatic carbocycles. The molecule has 2 aromatic rings. The molecule has 1 atom stereocenters. The summed E-state index contributed by atoms with van der Waals surface area (Å²) in [5.41, 5.74) is 0.874. The van der Waals surface area contributed by atoms with Crippen LogP contribution in [0, 0.1) is 6.92 Å². The fourth-order valence-corrected chi connectivity index (χ4v) is 3.01. The molecular weight excluding hydrogens is 252 g/mol. The Labute approximate surface area is 111 Å². The summed E-state index contributed by atoms with van der Waals surface area (Å²) < 4.78 is 0. The van der Waals surface area contributed by atoms with Crippen molar-refractivity contribution in [3.63, 3.8) is 0 Å². The summed E-state index contributed by atoms with van der Waals surface area (Å²) >= 11 is 7.48. The van der Waals surface area contributed by atoms with Crippen molar-refractivity contribution in [3.8, 4) is 0 Å². The summed E-state index contributed by atoms with van der Waals surface area (Å²) in [6.07, 6.45) is 0.523. The molecule has 0 amide bonds. The molecule has 17 heavy (non-hydrogen) atoms. The number of aryl methyl sites for hydroxylation is 1. The summed E-state index contributed by atoms with van der Waals surface area (Å²) in [4.78, 5) is 1.20. The molecule has 1 unspecified atom stereocenters. The monoisotopic (exact) mass is 266 g/mol. The van der Waals surface area contributed by atoms with Crippen LogP contribution >= 0.6 is 22.9 Å². The zero-order chi connectivity index (χ0) is 12.3. The number of halogens is 1. The van der Waals surface area contributed by atoms with Gasteiger partial charge in [-0.1, -0.05) is 30.3 Å². The number of alkyl halides is 1. The van der Waals surface area contributed by atoms with E-state index in [2.05, 4.69) is 0 Å². The maximum Gasteiger partial charge on any atom is 0.117 e. The molecule has 0 aliphatic rings. The SMILES string of the molecule is Cc1cc(C(O)(CCCl)c2ccccc2)cs1. The first-order valence-electron chi connectivity index (χ1n) is 5.56. The van der Waals surface area contributed by atoms with Crippen molar-refractivity contribution < 1.29 is 5.11 Å².